The van der Waals surface area contributed by atoms with Crippen LogP contribution < -0.4 is 5.32 Å². The van der Waals surface area contributed by atoms with Crippen LogP contribution in [0.25, 0.3) is 11.3 Å². The Balaban J connectivity index is 1.65. The Hall–Kier alpha value is -2.60. The molecule has 0 bridgehead atoms. The number of benzene rings is 2. The van der Waals surface area contributed by atoms with Crippen molar-refractivity contribution in [3.05, 3.63) is 65.1 Å². The highest BCUT2D eigenvalue weighted by atomic mass is 32.2. The van der Waals surface area contributed by atoms with Gasteiger partial charge in [0, 0.05) is 27.5 Å². The van der Waals surface area contributed by atoms with E-state index >= 15 is 0 Å². The van der Waals surface area contributed by atoms with E-state index in [1.54, 1.807) is 30.8 Å². The number of fused-ring (bicyclic) bond motifs is 3. The lowest BCUT2D eigenvalue weighted by molar-refractivity contribution is 0.101. The van der Waals surface area contributed by atoms with Gasteiger partial charge in [0.15, 0.2) is 11.5 Å². The number of carbonyl (C=O) groups excluding carboxylic acids is 1. The molecule has 1 amide bonds. The SMILES string of the molecule is Cc1ccc(NC(=O)c2noc3c2CSc2ccccc2-3)cc1F. The average Bonchev–Trinajstić information content (AvgIpc) is 3.03. The summed E-state index contributed by atoms with van der Waals surface area (Å²) in [4.78, 5) is 13.6. The molecule has 120 valence electrons. The third kappa shape index (κ3) is 2.49. The summed E-state index contributed by atoms with van der Waals surface area (Å²) in [5, 5.41) is 6.61. The lowest BCUT2D eigenvalue weighted by Crippen LogP contribution is -2.15. The number of carbonyl (C=O) groups is 1. The first-order valence-electron chi connectivity index (χ1n) is 7.42. The molecule has 2 aromatic carbocycles. The van der Waals surface area contributed by atoms with Crippen LogP contribution in [0, 0.1) is 12.7 Å². The van der Waals surface area contributed by atoms with Crippen LogP contribution in [0.2, 0.25) is 0 Å². The third-order valence-electron chi connectivity index (χ3n) is 3.94. The van der Waals surface area contributed by atoms with Crippen molar-refractivity contribution in [3.8, 4) is 11.3 Å². The molecule has 0 saturated carbocycles. The summed E-state index contributed by atoms with van der Waals surface area (Å²) in [6.45, 7) is 1.67. The molecule has 1 aliphatic heterocycles. The van der Waals surface area contributed by atoms with E-state index in [1.165, 1.54) is 6.07 Å². The van der Waals surface area contributed by atoms with Crippen molar-refractivity contribution in [2.75, 3.05) is 5.32 Å². The smallest absolute Gasteiger partial charge is 0.278 e. The van der Waals surface area contributed by atoms with Crippen molar-refractivity contribution < 1.29 is 13.7 Å². The van der Waals surface area contributed by atoms with Crippen LogP contribution in [0.3, 0.4) is 0 Å². The molecular formula is C18H13FN2O2S. The van der Waals surface area contributed by atoms with Crippen molar-refractivity contribution in [2.45, 2.75) is 17.6 Å². The highest BCUT2D eigenvalue weighted by Gasteiger charge is 2.27. The average molecular weight is 340 g/mol. The first kappa shape index (κ1) is 15.0. The number of hydrogen-bond acceptors (Lipinski definition) is 4. The summed E-state index contributed by atoms with van der Waals surface area (Å²) >= 11 is 1.64. The standard InChI is InChI=1S/C18H13FN2O2S/c1-10-6-7-11(8-14(10)19)20-18(22)16-13-9-24-15-5-3-2-4-12(15)17(13)23-21-16/h2-8H,9H2,1H3,(H,20,22). The lowest BCUT2D eigenvalue weighted by atomic mass is 10.1. The number of anilines is 1. The zero-order valence-electron chi connectivity index (χ0n) is 12.8. The van der Waals surface area contributed by atoms with Gasteiger partial charge in [0.1, 0.15) is 5.82 Å². The minimum absolute atomic E-state index is 0.244. The van der Waals surface area contributed by atoms with E-state index < -0.39 is 5.91 Å². The van der Waals surface area contributed by atoms with Crippen molar-refractivity contribution >= 4 is 23.4 Å². The second kappa shape index (κ2) is 5.79. The van der Waals surface area contributed by atoms with Crippen LogP contribution in [0.5, 0.6) is 0 Å². The van der Waals surface area contributed by atoms with Crippen LogP contribution in [0.1, 0.15) is 21.6 Å². The Labute approximate surface area is 142 Å². The summed E-state index contributed by atoms with van der Waals surface area (Å²) in [5.41, 5.74) is 2.87. The molecule has 6 heteroatoms. The number of aromatic nitrogens is 1. The van der Waals surface area contributed by atoms with Crippen LogP contribution in [0.4, 0.5) is 10.1 Å². The Bertz CT molecular complexity index is 952. The van der Waals surface area contributed by atoms with E-state index in [1.807, 2.05) is 24.3 Å². The van der Waals surface area contributed by atoms with E-state index in [-0.39, 0.29) is 11.5 Å². The maximum Gasteiger partial charge on any atom is 0.278 e. The van der Waals surface area contributed by atoms with Gasteiger partial charge in [-0.05, 0) is 36.8 Å². The number of thioether (sulfide) groups is 1. The fourth-order valence-corrected chi connectivity index (χ4v) is 3.68. The zero-order chi connectivity index (χ0) is 16.7. The molecule has 3 aromatic rings. The molecule has 1 aliphatic rings. The lowest BCUT2D eigenvalue weighted by Gasteiger charge is -2.13. The van der Waals surface area contributed by atoms with Crippen LogP contribution >= 0.6 is 11.8 Å². The predicted molar refractivity (Wildman–Crippen MR) is 90.6 cm³/mol. The summed E-state index contributed by atoms with van der Waals surface area (Å²) in [7, 11) is 0. The fourth-order valence-electron chi connectivity index (χ4n) is 2.62. The molecule has 0 saturated heterocycles. The second-order valence-electron chi connectivity index (χ2n) is 5.54. The molecule has 0 fully saturated rings. The number of aryl methyl sites for hydroxylation is 1. The molecule has 1 N–H and O–H groups in total. The topological polar surface area (TPSA) is 55.1 Å². The Kier molecular flexibility index (Phi) is 3.61. The van der Waals surface area contributed by atoms with Crippen molar-refractivity contribution in [1.29, 1.82) is 0 Å². The third-order valence-corrected chi connectivity index (χ3v) is 5.04. The summed E-state index contributed by atoms with van der Waals surface area (Å²) in [5.74, 6) is 0.480. The fraction of sp³-hybridized carbons (Fsp3) is 0.111. The van der Waals surface area contributed by atoms with Crippen LogP contribution in [-0.2, 0) is 5.75 Å². The number of amides is 1. The number of nitrogens with one attached hydrogen (secondary N) is 1. The molecule has 0 aliphatic carbocycles. The molecule has 1 aromatic heterocycles. The largest absolute Gasteiger partial charge is 0.355 e. The van der Waals surface area contributed by atoms with E-state index in [0.29, 0.717) is 22.8 Å². The molecule has 0 atom stereocenters. The van der Waals surface area contributed by atoms with E-state index in [4.69, 9.17) is 4.52 Å². The first-order chi connectivity index (χ1) is 11.6. The normalized spacial score (nSPS) is 12.4. The first-order valence-corrected chi connectivity index (χ1v) is 8.40. The van der Waals surface area contributed by atoms with E-state index in [0.717, 1.165) is 16.0 Å². The summed E-state index contributed by atoms with van der Waals surface area (Å²) in [6.07, 6.45) is 0. The molecule has 4 rings (SSSR count). The van der Waals surface area contributed by atoms with Gasteiger partial charge in [-0.2, -0.15) is 0 Å². The van der Waals surface area contributed by atoms with Crippen molar-refractivity contribution in [1.82, 2.24) is 5.16 Å². The zero-order valence-corrected chi connectivity index (χ0v) is 13.6. The Morgan fingerprint density at radius 3 is 2.96 bits per heavy atom. The molecule has 24 heavy (non-hydrogen) atoms. The number of nitrogens with zero attached hydrogens (tertiary/aromatic N) is 1. The van der Waals surface area contributed by atoms with Crippen molar-refractivity contribution in [3.63, 3.8) is 0 Å². The van der Waals surface area contributed by atoms with Gasteiger partial charge in [0.05, 0.1) is 0 Å². The summed E-state index contributed by atoms with van der Waals surface area (Å²) in [6, 6.07) is 12.4. The van der Waals surface area contributed by atoms with Gasteiger partial charge in [-0.1, -0.05) is 23.4 Å². The minimum atomic E-state index is -0.400. The van der Waals surface area contributed by atoms with Crippen LogP contribution in [-0.4, -0.2) is 11.1 Å². The van der Waals surface area contributed by atoms with Gasteiger partial charge >= 0.3 is 0 Å². The van der Waals surface area contributed by atoms with Gasteiger partial charge < -0.3 is 9.84 Å². The maximum absolute atomic E-state index is 13.6. The van der Waals surface area contributed by atoms with Gasteiger partial charge in [-0.25, -0.2) is 4.39 Å². The van der Waals surface area contributed by atoms with Gasteiger partial charge in [0.25, 0.3) is 5.91 Å². The van der Waals surface area contributed by atoms with Gasteiger partial charge in [-0.3, -0.25) is 4.79 Å². The minimum Gasteiger partial charge on any atom is -0.355 e. The van der Waals surface area contributed by atoms with E-state index in [9.17, 15) is 9.18 Å². The highest BCUT2D eigenvalue weighted by molar-refractivity contribution is 7.98. The molecule has 4 nitrogen and oxygen atoms in total. The van der Waals surface area contributed by atoms with Crippen molar-refractivity contribution in [2.24, 2.45) is 0 Å². The quantitative estimate of drug-likeness (QED) is 0.738. The monoisotopic (exact) mass is 340 g/mol. The molecule has 0 unspecified atom stereocenters. The second-order valence-corrected chi connectivity index (χ2v) is 6.56. The number of halogens is 1. The molecule has 2 heterocycles. The molecule has 0 radical (unpaired) electrons. The predicted octanol–water partition coefficient (Wildman–Crippen LogP) is 4.65. The molecular weight excluding hydrogens is 327 g/mol. The van der Waals surface area contributed by atoms with Gasteiger partial charge in [0.2, 0.25) is 0 Å². The summed E-state index contributed by atoms with van der Waals surface area (Å²) < 4.78 is 19.0. The maximum atomic E-state index is 13.6. The number of rotatable bonds is 2. The van der Waals surface area contributed by atoms with E-state index in [2.05, 4.69) is 10.5 Å². The Morgan fingerprint density at radius 1 is 1.29 bits per heavy atom. The highest BCUT2D eigenvalue weighted by Crippen LogP contribution is 2.42. The van der Waals surface area contributed by atoms with Crippen LogP contribution in [0.15, 0.2) is 51.9 Å². The molecule has 0 spiro atoms. The number of hydrogen-bond donors (Lipinski definition) is 1. The van der Waals surface area contributed by atoms with Gasteiger partial charge in [-0.15, -0.1) is 11.8 Å². The Morgan fingerprint density at radius 2 is 2.12 bits per heavy atom.